The van der Waals surface area contributed by atoms with Crippen LogP contribution in [0.4, 0.5) is 24.5 Å². The highest BCUT2D eigenvalue weighted by Gasteiger charge is 2.33. The maximum Gasteiger partial charge on any atom is 0.417 e. The predicted molar refractivity (Wildman–Crippen MR) is 89.6 cm³/mol. The number of aromatic amines is 1. The summed E-state index contributed by atoms with van der Waals surface area (Å²) in [5.74, 6) is -0.909. The summed E-state index contributed by atoms with van der Waals surface area (Å²) in [6.45, 7) is 1.03. The van der Waals surface area contributed by atoms with Gasteiger partial charge in [0.05, 0.1) is 11.3 Å². The number of hydrogen-bond acceptors (Lipinski definition) is 4. The van der Waals surface area contributed by atoms with Gasteiger partial charge < -0.3 is 15.0 Å². The van der Waals surface area contributed by atoms with Gasteiger partial charge in [-0.25, -0.2) is 0 Å². The third kappa shape index (κ3) is 3.78. The lowest BCUT2D eigenvalue weighted by atomic mass is 10.2. The first-order valence-electron chi connectivity index (χ1n) is 7.83. The van der Waals surface area contributed by atoms with Gasteiger partial charge in [0.15, 0.2) is 6.10 Å². The molecule has 1 unspecified atom stereocenters. The van der Waals surface area contributed by atoms with Crippen LogP contribution in [0.2, 0.25) is 0 Å². The van der Waals surface area contributed by atoms with Crippen LogP contribution in [0.25, 0.3) is 0 Å². The van der Waals surface area contributed by atoms with E-state index in [0.717, 1.165) is 4.90 Å². The van der Waals surface area contributed by atoms with Crippen molar-refractivity contribution in [2.24, 2.45) is 0 Å². The van der Waals surface area contributed by atoms with Gasteiger partial charge in [-0.05, 0) is 25.1 Å². The van der Waals surface area contributed by atoms with Crippen LogP contribution >= 0.6 is 0 Å². The molecule has 0 radical (unpaired) electrons. The van der Waals surface area contributed by atoms with Gasteiger partial charge in [-0.15, -0.1) is 0 Å². The SMILES string of the molecule is CC1Oc2ccccc2N(CC(=O)Nc2cc(C(F)(F)F)c[nH]c2=O)C1=O. The smallest absolute Gasteiger partial charge is 0.417 e. The molecule has 2 heterocycles. The van der Waals surface area contributed by atoms with Gasteiger partial charge in [0.2, 0.25) is 5.91 Å². The standard InChI is InChI=1S/C17H14F3N3O4/c1-9-16(26)23(12-4-2-3-5-13(12)27-9)8-14(24)22-11-6-10(17(18,19)20)7-21-15(11)25/h2-7,9H,8H2,1H3,(H,21,25)(H,22,24). The van der Waals surface area contributed by atoms with E-state index in [1.54, 1.807) is 24.3 Å². The van der Waals surface area contributed by atoms with Gasteiger partial charge in [-0.3, -0.25) is 19.3 Å². The number of H-pyrrole nitrogens is 1. The quantitative estimate of drug-likeness (QED) is 0.852. The lowest BCUT2D eigenvalue weighted by Crippen LogP contribution is -2.47. The first kappa shape index (κ1) is 18.5. The summed E-state index contributed by atoms with van der Waals surface area (Å²) in [5.41, 5.74) is -2.21. The van der Waals surface area contributed by atoms with Crippen molar-refractivity contribution in [1.82, 2.24) is 4.98 Å². The highest BCUT2D eigenvalue weighted by molar-refractivity contribution is 6.06. The van der Waals surface area contributed by atoms with Crippen molar-refractivity contribution in [1.29, 1.82) is 0 Å². The molecule has 0 fully saturated rings. The van der Waals surface area contributed by atoms with Crippen LogP contribution in [0.1, 0.15) is 12.5 Å². The molecule has 2 aromatic rings. The number of rotatable bonds is 3. The van der Waals surface area contributed by atoms with Crippen LogP contribution in [-0.2, 0) is 15.8 Å². The second kappa shape index (κ2) is 6.78. The van der Waals surface area contributed by atoms with E-state index in [1.807, 2.05) is 4.98 Å². The summed E-state index contributed by atoms with van der Waals surface area (Å²) in [6, 6.07) is 7.08. The Labute approximate surface area is 150 Å². The Bertz CT molecular complexity index is 955. The van der Waals surface area contributed by atoms with E-state index in [-0.39, 0.29) is 0 Å². The number of nitrogens with zero attached hydrogens (tertiary/aromatic N) is 1. The number of aromatic nitrogens is 1. The molecular weight excluding hydrogens is 367 g/mol. The maximum atomic E-state index is 12.8. The minimum Gasteiger partial charge on any atom is -0.479 e. The molecule has 1 atom stereocenters. The second-order valence-corrected chi connectivity index (χ2v) is 5.83. The molecule has 0 aliphatic carbocycles. The van der Waals surface area contributed by atoms with Gasteiger partial charge in [0, 0.05) is 6.20 Å². The highest BCUT2D eigenvalue weighted by Crippen LogP contribution is 2.33. The maximum absolute atomic E-state index is 12.8. The number of carbonyl (C=O) groups is 2. The van der Waals surface area contributed by atoms with Crippen molar-refractivity contribution < 1.29 is 27.5 Å². The molecule has 2 amide bonds. The van der Waals surface area contributed by atoms with Crippen LogP contribution in [0.3, 0.4) is 0 Å². The number of benzene rings is 1. The van der Waals surface area contributed by atoms with E-state index in [1.165, 1.54) is 6.92 Å². The van der Waals surface area contributed by atoms with E-state index < -0.39 is 47.4 Å². The fourth-order valence-electron chi connectivity index (χ4n) is 2.60. The Morgan fingerprint density at radius 3 is 2.70 bits per heavy atom. The number of halogens is 3. The zero-order valence-electron chi connectivity index (χ0n) is 14.0. The first-order chi connectivity index (χ1) is 12.7. The van der Waals surface area contributed by atoms with E-state index in [4.69, 9.17) is 4.74 Å². The third-order valence-corrected chi connectivity index (χ3v) is 3.88. The molecule has 0 bridgehead atoms. The van der Waals surface area contributed by atoms with Crippen molar-refractivity contribution in [3.63, 3.8) is 0 Å². The van der Waals surface area contributed by atoms with Gasteiger partial charge in [-0.1, -0.05) is 12.1 Å². The Balaban J connectivity index is 1.83. The number of nitrogens with one attached hydrogen (secondary N) is 2. The zero-order valence-corrected chi connectivity index (χ0v) is 14.0. The van der Waals surface area contributed by atoms with Crippen molar-refractivity contribution in [3.8, 4) is 5.75 Å². The average Bonchev–Trinajstić information content (AvgIpc) is 2.60. The molecule has 10 heteroatoms. The van der Waals surface area contributed by atoms with Crippen LogP contribution in [-0.4, -0.2) is 29.4 Å². The summed E-state index contributed by atoms with van der Waals surface area (Å²) in [5, 5.41) is 2.12. The Morgan fingerprint density at radius 1 is 1.30 bits per heavy atom. The van der Waals surface area contributed by atoms with Crippen molar-refractivity contribution in [3.05, 3.63) is 52.4 Å². The van der Waals surface area contributed by atoms with Gasteiger partial charge in [-0.2, -0.15) is 13.2 Å². The number of fused-ring (bicyclic) bond motifs is 1. The molecule has 1 aliphatic heterocycles. The Kier molecular flexibility index (Phi) is 4.64. The van der Waals surface area contributed by atoms with Crippen LogP contribution in [0, 0.1) is 0 Å². The number of alkyl halides is 3. The Hall–Kier alpha value is -3.30. The molecule has 7 nitrogen and oxygen atoms in total. The molecule has 1 aromatic heterocycles. The molecule has 1 aliphatic rings. The lowest BCUT2D eigenvalue weighted by Gasteiger charge is -2.32. The molecule has 27 heavy (non-hydrogen) atoms. The number of para-hydroxylation sites is 2. The number of hydrogen-bond donors (Lipinski definition) is 2. The van der Waals surface area contributed by atoms with Crippen molar-refractivity contribution >= 4 is 23.2 Å². The molecule has 0 spiro atoms. The second-order valence-electron chi connectivity index (χ2n) is 5.83. The summed E-state index contributed by atoms with van der Waals surface area (Å²) in [7, 11) is 0. The monoisotopic (exact) mass is 381 g/mol. The average molecular weight is 381 g/mol. The molecule has 1 aromatic carbocycles. The van der Waals surface area contributed by atoms with Crippen molar-refractivity contribution in [2.75, 3.05) is 16.8 Å². The molecule has 0 saturated heterocycles. The number of pyridine rings is 1. The third-order valence-electron chi connectivity index (χ3n) is 3.88. The molecule has 0 saturated carbocycles. The molecule has 142 valence electrons. The molecule has 2 N–H and O–H groups in total. The lowest BCUT2D eigenvalue weighted by molar-refractivity contribution is -0.137. The summed E-state index contributed by atoms with van der Waals surface area (Å²) in [6.07, 6.45) is -5.00. The topological polar surface area (TPSA) is 91.5 Å². The Morgan fingerprint density at radius 2 is 2.00 bits per heavy atom. The van der Waals surface area contributed by atoms with E-state index in [9.17, 15) is 27.6 Å². The summed E-state index contributed by atoms with van der Waals surface area (Å²) in [4.78, 5) is 39.4. The normalized spacial score (nSPS) is 16.5. The number of carbonyl (C=O) groups excluding carboxylic acids is 2. The van der Waals surface area contributed by atoms with Crippen LogP contribution in [0.5, 0.6) is 5.75 Å². The van der Waals surface area contributed by atoms with Crippen molar-refractivity contribution in [2.45, 2.75) is 19.2 Å². The summed E-state index contributed by atoms with van der Waals surface area (Å²) >= 11 is 0. The molecule has 3 rings (SSSR count). The van der Waals surface area contributed by atoms with E-state index in [2.05, 4.69) is 5.32 Å². The van der Waals surface area contributed by atoms with Crippen LogP contribution in [0.15, 0.2) is 41.3 Å². The minimum atomic E-state index is -4.68. The zero-order chi connectivity index (χ0) is 19.8. The number of amides is 2. The number of ether oxygens (including phenoxy) is 1. The first-order valence-corrected chi connectivity index (χ1v) is 7.83. The summed E-state index contributed by atoms with van der Waals surface area (Å²) < 4.78 is 43.7. The fraction of sp³-hybridized carbons (Fsp3) is 0.235. The van der Waals surface area contributed by atoms with Gasteiger partial charge >= 0.3 is 6.18 Å². The van der Waals surface area contributed by atoms with E-state index >= 15 is 0 Å². The predicted octanol–water partition coefficient (Wildman–Crippen LogP) is 2.15. The van der Waals surface area contributed by atoms with Gasteiger partial charge in [0.1, 0.15) is 18.0 Å². The fourth-order valence-corrected chi connectivity index (χ4v) is 2.60. The van der Waals surface area contributed by atoms with Crippen LogP contribution < -0.4 is 20.5 Å². The largest absolute Gasteiger partial charge is 0.479 e. The molecular formula is C17H14F3N3O4. The van der Waals surface area contributed by atoms with Gasteiger partial charge in [0.25, 0.3) is 11.5 Å². The van der Waals surface area contributed by atoms with E-state index in [0.29, 0.717) is 23.7 Å². The highest BCUT2D eigenvalue weighted by atomic mass is 19.4. The minimum absolute atomic E-state index is 0.355. The number of anilines is 2.